The number of hydrogen-bond acceptors (Lipinski definition) is 2. The van der Waals surface area contributed by atoms with E-state index in [0.717, 1.165) is 44.5 Å². The van der Waals surface area contributed by atoms with E-state index in [1.807, 2.05) is 65.8 Å². The van der Waals surface area contributed by atoms with Gasteiger partial charge >= 0.3 is 11.9 Å². The molecule has 2 N–H and O–H groups in total. The maximum absolute atomic E-state index is 13.1. The standard InChI is InChI=1S/C28H34O4/c1-16(2)22-11-13-24(20(7)18(22)5)28(27(31)32,15-9-10-26(29)30)25-14-12-23(17(3)4)19(6)21(25)8/h11-14H,1,3,9-10,15H2,2,4-8H3,(H,29,30)(H,31,32). The van der Waals surface area contributed by atoms with Crippen LogP contribution in [0.4, 0.5) is 0 Å². The molecule has 2 rings (SSSR count). The number of carbonyl (C=O) groups is 2. The Morgan fingerprint density at radius 2 is 1.19 bits per heavy atom. The molecular formula is C28H34O4. The molecule has 0 heterocycles. The first-order chi connectivity index (χ1) is 14.9. The zero-order chi connectivity index (χ0) is 24.4. The molecule has 0 aliphatic heterocycles. The molecule has 0 amide bonds. The Hall–Kier alpha value is -3.14. The number of carboxylic acids is 2. The van der Waals surface area contributed by atoms with Gasteiger partial charge in [-0.3, -0.25) is 9.59 Å². The van der Waals surface area contributed by atoms with Crippen LogP contribution in [-0.2, 0) is 15.0 Å². The fourth-order valence-corrected chi connectivity index (χ4v) is 4.75. The van der Waals surface area contributed by atoms with Crippen LogP contribution >= 0.6 is 0 Å². The van der Waals surface area contributed by atoms with Crippen LogP contribution in [0.25, 0.3) is 11.1 Å². The first-order valence-corrected chi connectivity index (χ1v) is 10.8. The first kappa shape index (κ1) is 25.1. The fourth-order valence-electron chi connectivity index (χ4n) is 4.75. The highest BCUT2D eigenvalue weighted by molar-refractivity contribution is 5.88. The van der Waals surface area contributed by atoms with E-state index in [4.69, 9.17) is 0 Å². The highest BCUT2D eigenvalue weighted by Crippen LogP contribution is 2.44. The largest absolute Gasteiger partial charge is 0.481 e. The molecule has 0 unspecified atom stereocenters. The lowest BCUT2D eigenvalue weighted by atomic mass is 9.66. The van der Waals surface area contributed by atoms with Gasteiger partial charge in [0.15, 0.2) is 0 Å². The van der Waals surface area contributed by atoms with E-state index in [2.05, 4.69) is 13.2 Å². The van der Waals surface area contributed by atoms with Crippen LogP contribution in [-0.4, -0.2) is 22.2 Å². The Morgan fingerprint density at radius 3 is 1.50 bits per heavy atom. The van der Waals surface area contributed by atoms with Crippen molar-refractivity contribution in [3.8, 4) is 0 Å². The minimum absolute atomic E-state index is 0.0845. The van der Waals surface area contributed by atoms with Gasteiger partial charge in [-0.05, 0) is 98.9 Å². The quantitative estimate of drug-likeness (QED) is 0.465. The normalized spacial score (nSPS) is 11.3. The third-order valence-electron chi connectivity index (χ3n) is 6.72. The number of aliphatic carboxylic acids is 2. The summed E-state index contributed by atoms with van der Waals surface area (Å²) in [5.41, 5.74) is 7.64. The van der Waals surface area contributed by atoms with E-state index in [1.165, 1.54) is 0 Å². The average molecular weight is 435 g/mol. The van der Waals surface area contributed by atoms with Crippen molar-refractivity contribution in [2.45, 2.75) is 66.2 Å². The van der Waals surface area contributed by atoms with Crippen LogP contribution < -0.4 is 0 Å². The lowest BCUT2D eigenvalue weighted by Gasteiger charge is -2.35. The van der Waals surface area contributed by atoms with Crippen molar-refractivity contribution in [2.75, 3.05) is 0 Å². The molecule has 0 aliphatic rings. The third kappa shape index (κ3) is 4.40. The first-order valence-electron chi connectivity index (χ1n) is 10.8. The van der Waals surface area contributed by atoms with Gasteiger partial charge in [0.05, 0.1) is 0 Å². The van der Waals surface area contributed by atoms with E-state index < -0.39 is 17.4 Å². The highest BCUT2D eigenvalue weighted by atomic mass is 16.4. The molecule has 0 saturated carbocycles. The summed E-state index contributed by atoms with van der Waals surface area (Å²) < 4.78 is 0. The molecule has 4 heteroatoms. The predicted octanol–water partition coefficient (Wildman–Crippen LogP) is 6.61. The summed E-state index contributed by atoms with van der Waals surface area (Å²) in [5.74, 6) is -1.90. The summed E-state index contributed by atoms with van der Waals surface area (Å²) >= 11 is 0. The number of allylic oxidation sites excluding steroid dienone is 2. The molecule has 0 spiro atoms. The molecule has 0 atom stereocenters. The summed E-state index contributed by atoms with van der Waals surface area (Å²) in [4.78, 5) is 24.3. The van der Waals surface area contributed by atoms with Crippen LogP contribution in [0.15, 0.2) is 37.4 Å². The Labute approximate surface area is 191 Å². The molecule has 0 radical (unpaired) electrons. The van der Waals surface area contributed by atoms with Crippen LogP contribution in [0.3, 0.4) is 0 Å². The van der Waals surface area contributed by atoms with Crippen LogP contribution in [0.5, 0.6) is 0 Å². The average Bonchev–Trinajstić information content (AvgIpc) is 2.69. The van der Waals surface area contributed by atoms with Gasteiger partial charge in [0.25, 0.3) is 0 Å². The van der Waals surface area contributed by atoms with Crippen LogP contribution in [0, 0.1) is 27.7 Å². The van der Waals surface area contributed by atoms with E-state index in [-0.39, 0.29) is 19.3 Å². The fraction of sp³-hybridized carbons (Fsp3) is 0.357. The van der Waals surface area contributed by atoms with Crippen LogP contribution in [0.1, 0.15) is 77.6 Å². The zero-order valence-corrected chi connectivity index (χ0v) is 20.1. The molecule has 2 aromatic rings. The van der Waals surface area contributed by atoms with Crippen molar-refractivity contribution >= 4 is 23.1 Å². The van der Waals surface area contributed by atoms with Crippen molar-refractivity contribution < 1.29 is 19.8 Å². The van der Waals surface area contributed by atoms with Crippen molar-refractivity contribution in [3.63, 3.8) is 0 Å². The second-order valence-electron chi connectivity index (χ2n) is 8.84. The summed E-state index contributed by atoms with van der Waals surface area (Å²) in [6, 6.07) is 7.62. The topological polar surface area (TPSA) is 74.6 Å². The summed E-state index contributed by atoms with van der Waals surface area (Å²) in [7, 11) is 0. The molecule has 2 aromatic carbocycles. The van der Waals surface area contributed by atoms with Gasteiger partial charge < -0.3 is 10.2 Å². The molecule has 0 aliphatic carbocycles. The molecule has 4 nitrogen and oxygen atoms in total. The number of rotatable bonds is 9. The lowest BCUT2D eigenvalue weighted by Crippen LogP contribution is -2.39. The lowest BCUT2D eigenvalue weighted by molar-refractivity contribution is -0.143. The molecule has 0 bridgehead atoms. The minimum Gasteiger partial charge on any atom is -0.481 e. The molecule has 170 valence electrons. The summed E-state index contributed by atoms with van der Waals surface area (Å²) in [6.07, 6.45) is 0.357. The van der Waals surface area contributed by atoms with Crippen molar-refractivity contribution in [3.05, 3.63) is 81.9 Å². The predicted molar refractivity (Wildman–Crippen MR) is 131 cm³/mol. The second-order valence-corrected chi connectivity index (χ2v) is 8.84. The van der Waals surface area contributed by atoms with Gasteiger partial charge in [0, 0.05) is 6.42 Å². The Balaban J connectivity index is 2.91. The number of carboxylic acid groups (broad SMARTS) is 2. The van der Waals surface area contributed by atoms with E-state index in [1.54, 1.807) is 0 Å². The van der Waals surface area contributed by atoms with Crippen LogP contribution in [0.2, 0.25) is 0 Å². The SMILES string of the molecule is C=C(C)c1ccc(C(CCCC(=O)O)(C(=O)O)c2ccc(C(=C)C)c(C)c2C)c(C)c1C. The Bertz CT molecular complexity index is 1040. The van der Waals surface area contributed by atoms with Gasteiger partial charge in [0.2, 0.25) is 0 Å². The molecule has 0 saturated heterocycles. The smallest absolute Gasteiger partial charge is 0.318 e. The molecular weight excluding hydrogens is 400 g/mol. The minimum atomic E-state index is -1.36. The molecule has 0 fully saturated rings. The van der Waals surface area contributed by atoms with Gasteiger partial charge in [-0.25, -0.2) is 0 Å². The number of benzene rings is 2. The maximum Gasteiger partial charge on any atom is 0.318 e. The van der Waals surface area contributed by atoms with E-state index in [9.17, 15) is 19.8 Å². The maximum atomic E-state index is 13.1. The van der Waals surface area contributed by atoms with Crippen molar-refractivity contribution in [2.24, 2.45) is 0 Å². The molecule has 32 heavy (non-hydrogen) atoms. The Kier molecular flexibility index (Phi) is 7.50. The zero-order valence-electron chi connectivity index (χ0n) is 20.1. The second kappa shape index (κ2) is 9.56. The van der Waals surface area contributed by atoms with Gasteiger partial charge in [-0.1, -0.05) is 48.6 Å². The summed E-state index contributed by atoms with van der Waals surface area (Å²) in [5, 5.41) is 19.9. The van der Waals surface area contributed by atoms with Gasteiger partial charge in [-0.2, -0.15) is 0 Å². The number of hydrogen-bond donors (Lipinski definition) is 2. The van der Waals surface area contributed by atoms with Gasteiger partial charge in [0.1, 0.15) is 5.41 Å². The Morgan fingerprint density at radius 1 is 0.781 bits per heavy atom. The van der Waals surface area contributed by atoms with Crippen molar-refractivity contribution in [1.82, 2.24) is 0 Å². The van der Waals surface area contributed by atoms with Crippen molar-refractivity contribution in [1.29, 1.82) is 0 Å². The van der Waals surface area contributed by atoms with E-state index >= 15 is 0 Å². The third-order valence-corrected chi connectivity index (χ3v) is 6.72. The van der Waals surface area contributed by atoms with E-state index in [0.29, 0.717) is 11.1 Å². The molecule has 0 aromatic heterocycles. The summed E-state index contributed by atoms with van der Waals surface area (Å²) in [6.45, 7) is 19.8. The van der Waals surface area contributed by atoms with Gasteiger partial charge in [-0.15, -0.1) is 0 Å². The highest BCUT2D eigenvalue weighted by Gasteiger charge is 2.44. The monoisotopic (exact) mass is 434 g/mol.